The molecule has 1 saturated heterocycles. The van der Waals surface area contributed by atoms with E-state index in [9.17, 15) is 4.39 Å². The number of hydrogen-bond donors (Lipinski definition) is 1. The first-order valence-electron chi connectivity index (χ1n) is 6.88. The van der Waals surface area contributed by atoms with Crippen molar-refractivity contribution in [3.05, 3.63) is 33.8 Å². The minimum Gasteiger partial charge on any atom is -0.314 e. The van der Waals surface area contributed by atoms with Crippen LogP contribution in [-0.2, 0) is 12.1 Å². The summed E-state index contributed by atoms with van der Waals surface area (Å²) in [6, 6.07) is 6.00. The van der Waals surface area contributed by atoms with E-state index in [4.69, 9.17) is 0 Å². The van der Waals surface area contributed by atoms with Gasteiger partial charge in [-0.1, -0.05) is 28.1 Å². The Kier molecular flexibility index (Phi) is 4.98. The van der Waals surface area contributed by atoms with Crippen molar-refractivity contribution in [3.63, 3.8) is 0 Å². The van der Waals surface area contributed by atoms with E-state index < -0.39 is 5.67 Å². The SMILES string of the molecule is CC(C)(F)c1ccc(CCN2CCNCC2)cc1Br. The number of nitrogens with one attached hydrogen (secondary N) is 1. The van der Waals surface area contributed by atoms with Crippen molar-refractivity contribution in [2.24, 2.45) is 0 Å². The predicted octanol–water partition coefficient (Wildman–Crippen LogP) is 3.10. The lowest BCUT2D eigenvalue weighted by atomic mass is 9.98. The predicted molar refractivity (Wildman–Crippen MR) is 81.3 cm³/mol. The summed E-state index contributed by atoms with van der Waals surface area (Å²) >= 11 is 3.49. The van der Waals surface area contributed by atoms with Gasteiger partial charge in [-0.3, -0.25) is 0 Å². The second-order valence-corrected chi connectivity index (χ2v) is 6.48. The normalized spacial score (nSPS) is 17.7. The minimum absolute atomic E-state index is 0.721. The van der Waals surface area contributed by atoms with E-state index in [2.05, 4.69) is 32.2 Å². The molecule has 0 atom stereocenters. The van der Waals surface area contributed by atoms with Crippen LogP contribution in [0.5, 0.6) is 0 Å². The van der Waals surface area contributed by atoms with Gasteiger partial charge < -0.3 is 10.2 Å². The van der Waals surface area contributed by atoms with Crippen LogP contribution in [-0.4, -0.2) is 37.6 Å². The molecule has 1 fully saturated rings. The number of rotatable bonds is 4. The maximum absolute atomic E-state index is 13.9. The van der Waals surface area contributed by atoms with Gasteiger partial charge in [0.05, 0.1) is 0 Å². The van der Waals surface area contributed by atoms with Crippen LogP contribution in [0.4, 0.5) is 4.39 Å². The molecule has 0 saturated carbocycles. The Bertz CT molecular complexity index is 423. The van der Waals surface area contributed by atoms with Gasteiger partial charge >= 0.3 is 0 Å². The summed E-state index contributed by atoms with van der Waals surface area (Å²) in [6.07, 6.45) is 1.02. The molecule has 0 radical (unpaired) electrons. The highest BCUT2D eigenvalue weighted by atomic mass is 79.9. The molecule has 106 valence electrons. The number of piperazine rings is 1. The number of alkyl halides is 1. The van der Waals surface area contributed by atoms with E-state index >= 15 is 0 Å². The number of nitrogens with zero attached hydrogens (tertiary/aromatic N) is 1. The molecule has 1 aliphatic rings. The molecule has 0 amide bonds. The quantitative estimate of drug-likeness (QED) is 0.913. The van der Waals surface area contributed by atoms with Crippen LogP contribution in [0.3, 0.4) is 0 Å². The Morgan fingerprint density at radius 3 is 2.58 bits per heavy atom. The third-order valence-electron chi connectivity index (χ3n) is 3.60. The van der Waals surface area contributed by atoms with E-state index in [1.165, 1.54) is 5.56 Å². The largest absolute Gasteiger partial charge is 0.314 e. The molecule has 2 nitrogen and oxygen atoms in total. The molecule has 4 heteroatoms. The molecule has 19 heavy (non-hydrogen) atoms. The van der Waals surface area contributed by atoms with E-state index in [0.29, 0.717) is 0 Å². The Hall–Kier alpha value is -0.450. The summed E-state index contributed by atoms with van der Waals surface area (Å²) in [5.74, 6) is 0. The highest BCUT2D eigenvalue weighted by Crippen LogP contribution is 2.31. The lowest BCUT2D eigenvalue weighted by Crippen LogP contribution is -2.44. The average molecular weight is 329 g/mol. The van der Waals surface area contributed by atoms with Crippen molar-refractivity contribution in [1.29, 1.82) is 0 Å². The molecule has 1 aliphatic heterocycles. The molecular formula is C15H22BrFN2. The van der Waals surface area contributed by atoms with Gasteiger partial charge in [0.15, 0.2) is 0 Å². The molecule has 0 spiro atoms. The zero-order valence-electron chi connectivity index (χ0n) is 11.7. The van der Waals surface area contributed by atoms with Crippen molar-refractivity contribution < 1.29 is 4.39 Å². The highest BCUT2D eigenvalue weighted by molar-refractivity contribution is 9.10. The molecule has 1 aromatic rings. The lowest BCUT2D eigenvalue weighted by molar-refractivity contribution is 0.220. The smallest absolute Gasteiger partial charge is 0.131 e. The van der Waals surface area contributed by atoms with Gasteiger partial charge in [-0.2, -0.15) is 0 Å². The minimum atomic E-state index is -1.30. The fraction of sp³-hybridized carbons (Fsp3) is 0.600. The van der Waals surface area contributed by atoms with Crippen LogP contribution in [0.2, 0.25) is 0 Å². The third kappa shape index (κ3) is 4.26. The Labute approximate surface area is 123 Å². The first-order chi connectivity index (χ1) is 8.97. The summed E-state index contributed by atoms with van der Waals surface area (Å²) in [5, 5.41) is 3.36. The molecule has 2 rings (SSSR count). The third-order valence-corrected chi connectivity index (χ3v) is 4.26. The Balaban J connectivity index is 1.96. The number of hydrogen-bond acceptors (Lipinski definition) is 2. The van der Waals surface area contributed by atoms with Crippen LogP contribution in [0.15, 0.2) is 22.7 Å². The van der Waals surface area contributed by atoms with Crippen molar-refractivity contribution >= 4 is 15.9 Å². The fourth-order valence-corrected chi connectivity index (χ4v) is 3.32. The number of halogens is 2. The van der Waals surface area contributed by atoms with Crippen LogP contribution >= 0.6 is 15.9 Å². The number of benzene rings is 1. The van der Waals surface area contributed by atoms with Crippen LogP contribution < -0.4 is 5.32 Å². The molecule has 1 N–H and O–H groups in total. The molecule has 1 aromatic carbocycles. The van der Waals surface area contributed by atoms with E-state index in [-0.39, 0.29) is 0 Å². The second-order valence-electron chi connectivity index (χ2n) is 5.63. The first kappa shape index (κ1) is 14.9. The maximum Gasteiger partial charge on any atom is 0.131 e. The molecule has 1 heterocycles. The van der Waals surface area contributed by atoms with Gasteiger partial charge in [-0.05, 0) is 31.9 Å². The second kappa shape index (κ2) is 6.33. The average Bonchev–Trinajstić information content (AvgIpc) is 2.36. The maximum atomic E-state index is 13.9. The van der Waals surface area contributed by atoms with Crippen molar-refractivity contribution in [3.8, 4) is 0 Å². The molecule has 0 aliphatic carbocycles. The molecule has 0 aromatic heterocycles. The van der Waals surface area contributed by atoms with Crippen LogP contribution in [0.1, 0.15) is 25.0 Å². The van der Waals surface area contributed by atoms with Crippen molar-refractivity contribution in [2.45, 2.75) is 25.9 Å². The molecule has 0 unspecified atom stereocenters. The zero-order valence-corrected chi connectivity index (χ0v) is 13.3. The van der Waals surface area contributed by atoms with Gasteiger partial charge in [-0.15, -0.1) is 0 Å². The van der Waals surface area contributed by atoms with Gasteiger partial charge in [0.25, 0.3) is 0 Å². The standard InChI is InChI=1S/C15H22BrFN2/c1-15(2,17)13-4-3-12(11-14(13)16)5-8-19-9-6-18-7-10-19/h3-4,11,18H,5-10H2,1-2H3. The van der Waals surface area contributed by atoms with Crippen molar-refractivity contribution in [1.82, 2.24) is 10.2 Å². The molecule has 0 bridgehead atoms. The topological polar surface area (TPSA) is 15.3 Å². The van der Waals surface area contributed by atoms with Gasteiger partial charge in [0.2, 0.25) is 0 Å². The van der Waals surface area contributed by atoms with E-state index in [1.807, 2.05) is 12.1 Å². The van der Waals surface area contributed by atoms with Gasteiger partial charge in [0.1, 0.15) is 5.67 Å². The Morgan fingerprint density at radius 1 is 1.32 bits per heavy atom. The van der Waals surface area contributed by atoms with E-state index in [1.54, 1.807) is 13.8 Å². The van der Waals surface area contributed by atoms with Crippen molar-refractivity contribution in [2.75, 3.05) is 32.7 Å². The summed E-state index contributed by atoms with van der Waals surface area (Å²) in [6.45, 7) is 8.67. The summed E-state index contributed by atoms with van der Waals surface area (Å²) in [7, 11) is 0. The highest BCUT2D eigenvalue weighted by Gasteiger charge is 2.21. The Morgan fingerprint density at radius 2 is 2.00 bits per heavy atom. The summed E-state index contributed by atoms with van der Waals surface area (Å²) in [5.41, 5.74) is 0.687. The first-order valence-corrected chi connectivity index (χ1v) is 7.67. The summed E-state index contributed by atoms with van der Waals surface area (Å²) in [4.78, 5) is 2.47. The molecular weight excluding hydrogens is 307 g/mol. The van der Waals surface area contributed by atoms with Gasteiger partial charge in [0, 0.05) is 42.8 Å². The van der Waals surface area contributed by atoms with Gasteiger partial charge in [-0.25, -0.2) is 4.39 Å². The van der Waals surface area contributed by atoms with E-state index in [0.717, 1.165) is 49.2 Å². The monoisotopic (exact) mass is 328 g/mol. The summed E-state index contributed by atoms with van der Waals surface area (Å²) < 4.78 is 14.8. The fourth-order valence-electron chi connectivity index (χ4n) is 2.42. The zero-order chi connectivity index (χ0) is 13.9. The van der Waals surface area contributed by atoms with Crippen LogP contribution in [0.25, 0.3) is 0 Å². The van der Waals surface area contributed by atoms with Crippen LogP contribution in [0, 0.1) is 0 Å². The lowest BCUT2D eigenvalue weighted by Gasteiger charge is -2.27.